The van der Waals surface area contributed by atoms with Gasteiger partial charge < -0.3 is 0 Å². The molecule has 0 aliphatic heterocycles. The lowest BCUT2D eigenvalue weighted by atomic mass is 10.3. The van der Waals surface area contributed by atoms with E-state index in [2.05, 4.69) is 0 Å². The zero-order chi connectivity index (χ0) is 6.69. The molecule has 0 bridgehead atoms. The second-order valence-corrected chi connectivity index (χ2v) is 2.05. The third-order valence-electron chi connectivity index (χ3n) is 0.962. The lowest BCUT2D eigenvalue weighted by Gasteiger charge is -1.93. The minimum Gasteiger partial charge on any atom is -0.233 e. The highest BCUT2D eigenvalue weighted by Crippen LogP contribution is 2.11. The Kier molecular flexibility index (Phi) is 1.92. The van der Waals surface area contributed by atoms with Crippen LogP contribution in [0, 0.1) is 0 Å². The zero-order valence-corrected chi connectivity index (χ0v) is 5.35. The Morgan fingerprint density at radius 2 is 1.78 bits per heavy atom. The smallest absolute Gasteiger partial charge is 0.0636 e. The van der Waals surface area contributed by atoms with E-state index in [4.69, 9.17) is 11.6 Å². The van der Waals surface area contributed by atoms with Gasteiger partial charge in [0, 0.05) is 5.02 Å². The largest absolute Gasteiger partial charge is 0.233 e. The summed E-state index contributed by atoms with van der Waals surface area (Å²) in [6, 6.07) is 6.55. The summed E-state index contributed by atoms with van der Waals surface area (Å²) in [7, 11) is 0. The van der Waals surface area contributed by atoms with Crippen LogP contribution in [0.25, 0.3) is 0 Å². The van der Waals surface area contributed by atoms with Gasteiger partial charge in [-0.25, -0.2) is 5.48 Å². The second-order valence-electron chi connectivity index (χ2n) is 1.61. The molecule has 3 heteroatoms. The Labute approximate surface area is 58.0 Å². The number of rotatable bonds is 1. The fourth-order valence-electron chi connectivity index (χ4n) is 0.518. The molecule has 0 atom stereocenters. The van der Waals surface area contributed by atoms with Crippen LogP contribution in [-0.4, -0.2) is 0 Å². The Morgan fingerprint density at radius 3 is 2.22 bits per heavy atom. The van der Waals surface area contributed by atoms with Crippen LogP contribution in [0.4, 0.5) is 5.69 Å². The molecule has 0 amide bonds. The van der Waals surface area contributed by atoms with E-state index >= 15 is 0 Å². The Balaban J connectivity index is 2.88. The standard InChI is InChI=1S/C6H5ClNO/c7-5-1-3-6(8-9)4-2-5/h1-4,8H. The normalized spacial score (nSPS) is 9.11. The summed E-state index contributed by atoms with van der Waals surface area (Å²) in [5, 5.41) is 10.6. The molecule has 0 unspecified atom stereocenters. The van der Waals surface area contributed by atoms with Crippen molar-refractivity contribution in [3.8, 4) is 0 Å². The Hall–Kier alpha value is -0.730. The van der Waals surface area contributed by atoms with Gasteiger partial charge in [-0.05, 0) is 24.3 Å². The van der Waals surface area contributed by atoms with Crippen molar-refractivity contribution in [2.45, 2.75) is 0 Å². The highest BCUT2D eigenvalue weighted by Gasteiger charge is 1.87. The third-order valence-corrected chi connectivity index (χ3v) is 1.21. The van der Waals surface area contributed by atoms with Crippen molar-refractivity contribution in [1.29, 1.82) is 0 Å². The van der Waals surface area contributed by atoms with Crippen LogP contribution in [0.15, 0.2) is 24.3 Å². The highest BCUT2D eigenvalue weighted by atomic mass is 35.5. The minimum atomic E-state index is 0.527. The maximum absolute atomic E-state index is 9.95. The number of nitrogens with one attached hydrogen (secondary N) is 1. The maximum Gasteiger partial charge on any atom is 0.0636 e. The molecular formula is C6H5ClNO. The van der Waals surface area contributed by atoms with Crippen LogP contribution in [-0.2, 0) is 5.21 Å². The topological polar surface area (TPSA) is 31.9 Å². The second kappa shape index (κ2) is 2.71. The lowest BCUT2D eigenvalue weighted by Crippen LogP contribution is -1.83. The number of benzene rings is 1. The van der Waals surface area contributed by atoms with E-state index in [1.165, 1.54) is 0 Å². The number of hydrogen-bond acceptors (Lipinski definition) is 1. The maximum atomic E-state index is 9.95. The van der Waals surface area contributed by atoms with Crippen molar-refractivity contribution in [1.82, 2.24) is 0 Å². The van der Waals surface area contributed by atoms with Crippen LogP contribution in [0.1, 0.15) is 0 Å². The molecule has 0 fully saturated rings. The van der Waals surface area contributed by atoms with Crippen LogP contribution in [0.2, 0.25) is 5.02 Å². The highest BCUT2D eigenvalue weighted by molar-refractivity contribution is 6.30. The summed E-state index contributed by atoms with van der Waals surface area (Å²) in [6.45, 7) is 0. The summed E-state index contributed by atoms with van der Waals surface area (Å²) in [5.74, 6) is 0. The number of hydrogen-bond donors (Lipinski definition) is 1. The van der Waals surface area contributed by atoms with Crippen molar-refractivity contribution in [2.75, 3.05) is 5.48 Å². The predicted molar refractivity (Wildman–Crippen MR) is 35.8 cm³/mol. The fourth-order valence-corrected chi connectivity index (χ4v) is 0.644. The first-order chi connectivity index (χ1) is 4.33. The van der Waals surface area contributed by atoms with Crippen molar-refractivity contribution < 1.29 is 5.21 Å². The van der Waals surface area contributed by atoms with Gasteiger partial charge in [-0.1, -0.05) is 16.8 Å². The minimum absolute atomic E-state index is 0.527. The first-order valence-electron chi connectivity index (χ1n) is 2.46. The van der Waals surface area contributed by atoms with Crippen LogP contribution < -0.4 is 5.48 Å². The van der Waals surface area contributed by atoms with E-state index in [9.17, 15) is 5.21 Å². The first-order valence-corrected chi connectivity index (χ1v) is 2.84. The van der Waals surface area contributed by atoms with Crippen LogP contribution in [0.3, 0.4) is 0 Å². The lowest BCUT2D eigenvalue weighted by molar-refractivity contribution is 0.274. The summed E-state index contributed by atoms with van der Waals surface area (Å²) < 4.78 is 0. The van der Waals surface area contributed by atoms with Gasteiger partial charge in [0.1, 0.15) is 0 Å². The van der Waals surface area contributed by atoms with Gasteiger partial charge in [-0.2, -0.15) is 0 Å². The van der Waals surface area contributed by atoms with Gasteiger partial charge in [0.25, 0.3) is 0 Å². The van der Waals surface area contributed by atoms with Crippen LogP contribution >= 0.6 is 11.6 Å². The van der Waals surface area contributed by atoms with Crippen molar-refractivity contribution in [2.24, 2.45) is 0 Å². The summed E-state index contributed by atoms with van der Waals surface area (Å²) in [5.41, 5.74) is 2.27. The molecule has 0 saturated heterocycles. The molecule has 2 nitrogen and oxygen atoms in total. The van der Waals surface area contributed by atoms with E-state index in [0.29, 0.717) is 10.7 Å². The number of halogens is 1. The van der Waals surface area contributed by atoms with E-state index in [0.717, 1.165) is 0 Å². The molecule has 1 rings (SSSR count). The van der Waals surface area contributed by atoms with Crippen LogP contribution in [0.5, 0.6) is 0 Å². The third kappa shape index (κ3) is 1.59. The molecule has 9 heavy (non-hydrogen) atoms. The predicted octanol–water partition coefficient (Wildman–Crippen LogP) is 2.10. The molecule has 0 saturated carbocycles. The molecular weight excluding hydrogens is 138 g/mol. The molecule has 1 aromatic rings. The summed E-state index contributed by atoms with van der Waals surface area (Å²) in [4.78, 5) is 0. The number of anilines is 1. The van der Waals surface area contributed by atoms with Gasteiger partial charge in [-0.3, -0.25) is 0 Å². The SMILES string of the molecule is [O]Nc1ccc(Cl)cc1. The molecule has 1 radical (unpaired) electrons. The average Bonchev–Trinajstić information content (AvgIpc) is 1.90. The Morgan fingerprint density at radius 1 is 1.22 bits per heavy atom. The summed E-state index contributed by atoms with van der Waals surface area (Å²) in [6.07, 6.45) is 0. The quantitative estimate of drug-likeness (QED) is 0.599. The first kappa shape index (κ1) is 6.39. The summed E-state index contributed by atoms with van der Waals surface area (Å²) >= 11 is 5.54. The van der Waals surface area contributed by atoms with E-state index in [1.807, 2.05) is 0 Å². The molecule has 1 aromatic carbocycles. The molecule has 0 spiro atoms. The molecule has 0 aliphatic rings. The fraction of sp³-hybridized carbons (Fsp3) is 0. The molecule has 0 aromatic heterocycles. The average molecular weight is 143 g/mol. The van der Waals surface area contributed by atoms with E-state index in [-0.39, 0.29) is 0 Å². The van der Waals surface area contributed by atoms with Gasteiger partial charge in [0.15, 0.2) is 0 Å². The van der Waals surface area contributed by atoms with Gasteiger partial charge in [-0.15, -0.1) is 0 Å². The molecule has 47 valence electrons. The molecule has 0 aliphatic carbocycles. The zero-order valence-electron chi connectivity index (χ0n) is 4.60. The van der Waals surface area contributed by atoms with Crippen molar-refractivity contribution in [3.05, 3.63) is 29.3 Å². The van der Waals surface area contributed by atoms with Gasteiger partial charge >= 0.3 is 0 Å². The molecule has 0 heterocycles. The van der Waals surface area contributed by atoms with Gasteiger partial charge in [0.05, 0.1) is 5.69 Å². The van der Waals surface area contributed by atoms with Crippen molar-refractivity contribution in [3.63, 3.8) is 0 Å². The Bertz CT molecular complexity index is 185. The van der Waals surface area contributed by atoms with Crippen molar-refractivity contribution >= 4 is 17.3 Å². The van der Waals surface area contributed by atoms with E-state index < -0.39 is 0 Å². The van der Waals surface area contributed by atoms with Gasteiger partial charge in [0.2, 0.25) is 0 Å². The monoisotopic (exact) mass is 142 g/mol. The molecule has 1 N–H and O–H groups in total. The van der Waals surface area contributed by atoms with E-state index in [1.54, 1.807) is 29.7 Å².